The van der Waals surface area contributed by atoms with E-state index in [4.69, 9.17) is 11.5 Å². The van der Waals surface area contributed by atoms with E-state index in [-0.39, 0.29) is 19.6 Å². The summed E-state index contributed by atoms with van der Waals surface area (Å²) in [7, 11) is 0. The Labute approximate surface area is 107 Å². The van der Waals surface area contributed by atoms with Gasteiger partial charge in [0.15, 0.2) is 5.41 Å². The first kappa shape index (κ1) is 15.3. The molecule has 1 unspecified atom stereocenters. The zero-order chi connectivity index (χ0) is 14.7. The summed E-state index contributed by atoms with van der Waals surface area (Å²) in [5.74, 6) is -0.280. The first-order chi connectivity index (χ1) is 8.73. The van der Waals surface area contributed by atoms with Crippen LogP contribution in [0.2, 0.25) is 0 Å². The lowest BCUT2D eigenvalue weighted by molar-refractivity contribution is -0.227. The van der Waals surface area contributed by atoms with Gasteiger partial charge in [-0.1, -0.05) is 5.92 Å². The van der Waals surface area contributed by atoms with E-state index in [1.807, 2.05) is 0 Å². The quantitative estimate of drug-likeness (QED) is 0.714. The Bertz CT molecular complexity index is 416. The number of aliphatic carboxylic acids is 1. The minimum absolute atomic E-state index is 0.0178. The van der Waals surface area contributed by atoms with Crippen molar-refractivity contribution in [1.82, 2.24) is 10.2 Å². The molecule has 0 bridgehead atoms. The molecule has 0 aromatic carbocycles. The fourth-order valence-electron chi connectivity index (χ4n) is 1.96. The molecule has 1 aliphatic rings. The number of likely N-dealkylation sites (tertiary alicyclic amines) is 1. The van der Waals surface area contributed by atoms with E-state index in [9.17, 15) is 22.8 Å². The van der Waals surface area contributed by atoms with Crippen molar-refractivity contribution in [1.29, 1.82) is 0 Å². The van der Waals surface area contributed by atoms with Gasteiger partial charge >= 0.3 is 12.1 Å². The Morgan fingerprint density at radius 3 is 2.53 bits per heavy atom. The number of hydrogen-bond donors (Lipinski definition) is 2. The summed E-state index contributed by atoms with van der Waals surface area (Å²) >= 11 is 0. The van der Waals surface area contributed by atoms with Crippen molar-refractivity contribution >= 4 is 11.9 Å². The molecule has 0 saturated carbocycles. The van der Waals surface area contributed by atoms with Crippen LogP contribution in [0.25, 0.3) is 0 Å². The first-order valence-corrected chi connectivity index (χ1v) is 5.45. The van der Waals surface area contributed by atoms with Crippen LogP contribution < -0.4 is 5.32 Å². The molecule has 5 nitrogen and oxygen atoms in total. The van der Waals surface area contributed by atoms with Crippen LogP contribution >= 0.6 is 0 Å². The summed E-state index contributed by atoms with van der Waals surface area (Å²) in [5.41, 5.74) is -2.79. The van der Waals surface area contributed by atoms with Crippen molar-refractivity contribution in [3.05, 3.63) is 0 Å². The van der Waals surface area contributed by atoms with Crippen LogP contribution in [-0.4, -0.2) is 54.2 Å². The number of carbonyl (C=O) groups excluding carboxylic acids is 1. The zero-order valence-electron chi connectivity index (χ0n) is 9.96. The molecule has 1 fully saturated rings. The van der Waals surface area contributed by atoms with Crippen molar-refractivity contribution in [3.8, 4) is 12.3 Å². The van der Waals surface area contributed by atoms with E-state index in [0.29, 0.717) is 0 Å². The summed E-state index contributed by atoms with van der Waals surface area (Å²) in [6, 6.07) is 0. The van der Waals surface area contributed by atoms with E-state index >= 15 is 0 Å². The second kappa shape index (κ2) is 5.48. The minimum Gasteiger partial charge on any atom is -0.481 e. The third kappa shape index (κ3) is 3.17. The molecule has 0 aromatic rings. The van der Waals surface area contributed by atoms with E-state index < -0.39 is 36.4 Å². The SMILES string of the molecule is C#CCNC(=O)CN1CCC(C(=O)O)(C(F)(F)F)C1. The number of nitrogens with zero attached hydrogens (tertiary/aromatic N) is 1. The predicted molar refractivity (Wildman–Crippen MR) is 59.0 cm³/mol. The largest absolute Gasteiger partial charge is 0.481 e. The van der Waals surface area contributed by atoms with Crippen LogP contribution in [0.1, 0.15) is 6.42 Å². The molecule has 19 heavy (non-hydrogen) atoms. The number of terminal acetylenes is 1. The van der Waals surface area contributed by atoms with Gasteiger partial charge in [-0.15, -0.1) is 6.42 Å². The van der Waals surface area contributed by atoms with E-state index in [1.54, 1.807) is 0 Å². The summed E-state index contributed by atoms with van der Waals surface area (Å²) in [6.07, 6.45) is -0.486. The number of rotatable bonds is 4. The average Bonchev–Trinajstić information content (AvgIpc) is 2.71. The van der Waals surface area contributed by atoms with Crippen molar-refractivity contribution in [2.75, 3.05) is 26.2 Å². The Balaban J connectivity index is 2.68. The van der Waals surface area contributed by atoms with Gasteiger partial charge in [0.05, 0.1) is 13.1 Å². The normalized spacial score (nSPS) is 23.9. The fraction of sp³-hybridized carbons (Fsp3) is 0.636. The summed E-state index contributed by atoms with van der Waals surface area (Å²) in [6.45, 7) is -1.15. The topological polar surface area (TPSA) is 69.6 Å². The lowest BCUT2D eigenvalue weighted by Gasteiger charge is -2.27. The maximum atomic E-state index is 12.8. The lowest BCUT2D eigenvalue weighted by atomic mass is 9.86. The molecule has 0 aromatic heterocycles. The third-order valence-corrected chi connectivity index (χ3v) is 3.06. The molecule has 2 N–H and O–H groups in total. The standard InChI is InChI=1S/C11H13F3N2O3/c1-2-4-15-8(17)6-16-5-3-10(7-16,9(18)19)11(12,13)14/h1H,3-7H2,(H,15,17)(H,18,19). The Morgan fingerprint density at radius 1 is 1.47 bits per heavy atom. The van der Waals surface area contributed by atoms with Gasteiger partial charge in [0.2, 0.25) is 5.91 Å². The van der Waals surface area contributed by atoms with Crippen molar-refractivity contribution < 1.29 is 27.9 Å². The highest BCUT2D eigenvalue weighted by Crippen LogP contribution is 2.45. The van der Waals surface area contributed by atoms with Gasteiger partial charge in [-0.3, -0.25) is 14.5 Å². The highest BCUT2D eigenvalue weighted by molar-refractivity contribution is 5.79. The molecule has 0 spiro atoms. The van der Waals surface area contributed by atoms with Gasteiger partial charge in [-0.05, 0) is 6.42 Å². The maximum absolute atomic E-state index is 12.8. The number of nitrogens with one attached hydrogen (secondary N) is 1. The van der Waals surface area contributed by atoms with Crippen LogP contribution in [-0.2, 0) is 9.59 Å². The third-order valence-electron chi connectivity index (χ3n) is 3.06. The Kier molecular flexibility index (Phi) is 4.42. The number of carboxylic acids is 1. The van der Waals surface area contributed by atoms with Crippen LogP contribution in [0.5, 0.6) is 0 Å². The van der Waals surface area contributed by atoms with Crippen LogP contribution in [0, 0.1) is 17.8 Å². The molecule has 0 aliphatic carbocycles. The zero-order valence-corrected chi connectivity index (χ0v) is 9.96. The maximum Gasteiger partial charge on any atom is 0.406 e. The second-order valence-electron chi connectivity index (χ2n) is 4.33. The van der Waals surface area contributed by atoms with Gasteiger partial charge < -0.3 is 10.4 Å². The average molecular weight is 278 g/mol. The highest BCUT2D eigenvalue weighted by atomic mass is 19.4. The molecule has 1 heterocycles. The number of hydrogen-bond acceptors (Lipinski definition) is 3. The van der Waals surface area contributed by atoms with Crippen LogP contribution in [0.15, 0.2) is 0 Å². The van der Waals surface area contributed by atoms with Gasteiger partial charge in [-0.25, -0.2) is 0 Å². The number of halogens is 3. The summed E-state index contributed by atoms with van der Waals surface area (Å²) < 4.78 is 38.5. The van der Waals surface area contributed by atoms with Gasteiger partial charge in [0.1, 0.15) is 0 Å². The van der Waals surface area contributed by atoms with Crippen LogP contribution in [0.4, 0.5) is 13.2 Å². The molecule has 106 valence electrons. The van der Waals surface area contributed by atoms with Crippen LogP contribution in [0.3, 0.4) is 0 Å². The smallest absolute Gasteiger partial charge is 0.406 e. The number of carboxylic acid groups (broad SMARTS) is 1. The first-order valence-electron chi connectivity index (χ1n) is 5.45. The molecule has 0 radical (unpaired) electrons. The van der Waals surface area contributed by atoms with Crippen molar-refractivity contribution in [2.24, 2.45) is 5.41 Å². The highest BCUT2D eigenvalue weighted by Gasteiger charge is 2.63. The van der Waals surface area contributed by atoms with Crippen molar-refractivity contribution in [3.63, 3.8) is 0 Å². The fourth-order valence-corrected chi connectivity index (χ4v) is 1.96. The van der Waals surface area contributed by atoms with Crippen molar-refractivity contribution in [2.45, 2.75) is 12.6 Å². The molecule has 8 heteroatoms. The Hall–Kier alpha value is -1.75. The minimum atomic E-state index is -4.84. The molecule has 1 amide bonds. The van der Waals surface area contributed by atoms with E-state index in [1.165, 1.54) is 0 Å². The van der Waals surface area contributed by atoms with E-state index in [2.05, 4.69) is 11.2 Å². The van der Waals surface area contributed by atoms with Gasteiger partial charge in [0, 0.05) is 13.1 Å². The van der Waals surface area contributed by atoms with E-state index in [0.717, 1.165) is 4.90 Å². The number of carbonyl (C=O) groups is 2. The van der Waals surface area contributed by atoms with Gasteiger partial charge in [-0.2, -0.15) is 13.2 Å². The molecule has 1 saturated heterocycles. The summed E-state index contributed by atoms with van der Waals surface area (Å²) in [5, 5.41) is 11.1. The number of amides is 1. The lowest BCUT2D eigenvalue weighted by Crippen LogP contribution is -2.48. The molecule has 1 atom stereocenters. The molecular formula is C11H13F3N2O3. The molecule has 1 aliphatic heterocycles. The summed E-state index contributed by atoms with van der Waals surface area (Å²) in [4.78, 5) is 23.4. The number of alkyl halides is 3. The molecular weight excluding hydrogens is 265 g/mol. The predicted octanol–water partition coefficient (Wildman–Crippen LogP) is 0.0748. The molecule has 1 rings (SSSR count). The monoisotopic (exact) mass is 278 g/mol. The second-order valence-corrected chi connectivity index (χ2v) is 4.33. The Morgan fingerprint density at radius 2 is 2.11 bits per heavy atom. The van der Waals surface area contributed by atoms with Gasteiger partial charge in [0.25, 0.3) is 0 Å².